The highest BCUT2D eigenvalue weighted by molar-refractivity contribution is 4.71. The molecule has 0 heterocycles. The summed E-state index contributed by atoms with van der Waals surface area (Å²) in [5.41, 5.74) is 0. The van der Waals surface area contributed by atoms with E-state index in [-0.39, 0.29) is 6.04 Å². The predicted octanol–water partition coefficient (Wildman–Crippen LogP) is 2.02. The van der Waals surface area contributed by atoms with Crippen molar-refractivity contribution in [2.24, 2.45) is 0 Å². The first-order valence-corrected chi connectivity index (χ1v) is 6.24. The lowest BCUT2D eigenvalue weighted by molar-refractivity contribution is -0.0650. The summed E-state index contributed by atoms with van der Waals surface area (Å²) in [4.78, 5) is 0. The van der Waals surface area contributed by atoms with Crippen LogP contribution in [0.2, 0.25) is 0 Å². The fourth-order valence-corrected chi connectivity index (χ4v) is 1.68. The zero-order valence-corrected chi connectivity index (χ0v) is 10.4. The molecule has 3 heteroatoms. The standard InChI is InChI=1S/C12H27NO2/c1-4-6-7-8-9-11(5-2)13-10(3)12(14)15/h10-15H,4-9H2,1-3H3. The van der Waals surface area contributed by atoms with Crippen LogP contribution in [0.5, 0.6) is 0 Å². The monoisotopic (exact) mass is 217 g/mol. The van der Waals surface area contributed by atoms with Gasteiger partial charge in [-0.1, -0.05) is 39.5 Å². The Morgan fingerprint density at radius 2 is 1.73 bits per heavy atom. The molecule has 2 unspecified atom stereocenters. The van der Waals surface area contributed by atoms with E-state index >= 15 is 0 Å². The van der Waals surface area contributed by atoms with Crippen molar-refractivity contribution in [1.82, 2.24) is 5.32 Å². The number of unbranched alkanes of at least 4 members (excludes halogenated alkanes) is 3. The van der Waals surface area contributed by atoms with Crippen LogP contribution in [-0.2, 0) is 0 Å². The minimum atomic E-state index is -1.25. The molecular formula is C12H27NO2. The summed E-state index contributed by atoms with van der Waals surface area (Å²) in [6.45, 7) is 6.15. The van der Waals surface area contributed by atoms with Gasteiger partial charge in [0, 0.05) is 6.04 Å². The van der Waals surface area contributed by atoms with Gasteiger partial charge in [-0.2, -0.15) is 0 Å². The Morgan fingerprint density at radius 3 is 2.20 bits per heavy atom. The van der Waals surface area contributed by atoms with Gasteiger partial charge in [0.2, 0.25) is 0 Å². The molecule has 0 saturated heterocycles. The normalized spacial score (nSPS) is 15.6. The summed E-state index contributed by atoms with van der Waals surface area (Å²) in [6, 6.07) is 0.180. The Bertz CT molecular complexity index is 140. The van der Waals surface area contributed by atoms with Crippen molar-refractivity contribution in [3.8, 4) is 0 Å². The molecule has 0 rings (SSSR count). The lowest BCUT2D eigenvalue weighted by Gasteiger charge is -2.23. The highest BCUT2D eigenvalue weighted by Gasteiger charge is 2.14. The zero-order valence-electron chi connectivity index (χ0n) is 10.4. The quantitative estimate of drug-likeness (QED) is 0.409. The SMILES string of the molecule is CCCCCCC(CC)NC(C)C(O)O. The molecule has 3 N–H and O–H groups in total. The van der Waals surface area contributed by atoms with Crippen molar-refractivity contribution in [2.45, 2.75) is 77.7 Å². The largest absolute Gasteiger partial charge is 0.367 e. The van der Waals surface area contributed by atoms with Gasteiger partial charge in [0.05, 0.1) is 6.04 Å². The van der Waals surface area contributed by atoms with Gasteiger partial charge >= 0.3 is 0 Å². The number of rotatable bonds is 9. The Balaban J connectivity index is 3.63. The lowest BCUT2D eigenvalue weighted by atomic mass is 10.0. The third-order valence-electron chi connectivity index (χ3n) is 2.84. The molecule has 2 atom stereocenters. The first-order valence-electron chi connectivity index (χ1n) is 6.24. The maximum Gasteiger partial charge on any atom is 0.166 e. The van der Waals surface area contributed by atoms with E-state index in [9.17, 15) is 0 Å². The summed E-state index contributed by atoms with van der Waals surface area (Å²) < 4.78 is 0. The van der Waals surface area contributed by atoms with E-state index in [0.717, 1.165) is 12.8 Å². The fraction of sp³-hybridized carbons (Fsp3) is 1.00. The van der Waals surface area contributed by atoms with Gasteiger partial charge in [-0.15, -0.1) is 0 Å². The van der Waals surface area contributed by atoms with E-state index in [1.807, 2.05) is 0 Å². The van der Waals surface area contributed by atoms with Gasteiger partial charge < -0.3 is 15.5 Å². The molecule has 0 aromatic heterocycles. The van der Waals surface area contributed by atoms with Crippen LogP contribution in [0.1, 0.15) is 59.3 Å². The van der Waals surface area contributed by atoms with Crippen molar-refractivity contribution in [1.29, 1.82) is 0 Å². The number of nitrogens with one attached hydrogen (secondary N) is 1. The van der Waals surface area contributed by atoms with E-state index in [0.29, 0.717) is 6.04 Å². The first-order chi connectivity index (χ1) is 7.11. The van der Waals surface area contributed by atoms with E-state index in [1.54, 1.807) is 6.92 Å². The Labute approximate surface area is 93.9 Å². The fourth-order valence-electron chi connectivity index (χ4n) is 1.68. The zero-order chi connectivity index (χ0) is 11.7. The van der Waals surface area contributed by atoms with Crippen LogP contribution in [0, 0.1) is 0 Å². The summed E-state index contributed by atoms with van der Waals surface area (Å²) in [5, 5.41) is 21.2. The van der Waals surface area contributed by atoms with Gasteiger partial charge in [-0.05, 0) is 19.8 Å². The van der Waals surface area contributed by atoms with Crippen LogP contribution in [0.15, 0.2) is 0 Å². The maximum atomic E-state index is 8.97. The van der Waals surface area contributed by atoms with Crippen LogP contribution >= 0.6 is 0 Å². The number of aliphatic hydroxyl groups excluding tert-OH is 1. The topological polar surface area (TPSA) is 52.5 Å². The second kappa shape index (κ2) is 9.13. The van der Waals surface area contributed by atoms with Gasteiger partial charge in [-0.25, -0.2) is 0 Å². The molecular weight excluding hydrogens is 190 g/mol. The summed E-state index contributed by atoms with van der Waals surface area (Å²) in [6.07, 6.45) is 5.99. The van der Waals surface area contributed by atoms with Crippen molar-refractivity contribution >= 4 is 0 Å². The average molecular weight is 217 g/mol. The Hall–Kier alpha value is -0.120. The minimum Gasteiger partial charge on any atom is -0.367 e. The van der Waals surface area contributed by atoms with Crippen molar-refractivity contribution in [3.05, 3.63) is 0 Å². The predicted molar refractivity (Wildman–Crippen MR) is 63.7 cm³/mol. The Morgan fingerprint density at radius 1 is 1.07 bits per heavy atom. The molecule has 0 aliphatic heterocycles. The summed E-state index contributed by atoms with van der Waals surface area (Å²) in [7, 11) is 0. The number of hydrogen-bond donors (Lipinski definition) is 3. The van der Waals surface area contributed by atoms with E-state index < -0.39 is 6.29 Å². The van der Waals surface area contributed by atoms with Crippen LogP contribution < -0.4 is 5.32 Å². The third-order valence-corrected chi connectivity index (χ3v) is 2.84. The highest BCUT2D eigenvalue weighted by Crippen LogP contribution is 2.09. The first kappa shape index (κ1) is 14.9. The van der Waals surface area contributed by atoms with Gasteiger partial charge in [0.15, 0.2) is 6.29 Å². The molecule has 0 aromatic rings. The van der Waals surface area contributed by atoms with Crippen LogP contribution in [0.3, 0.4) is 0 Å². The number of aliphatic hydroxyl groups is 2. The number of hydrogen-bond acceptors (Lipinski definition) is 3. The lowest BCUT2D eigenvalue weighted by Crippen LogP contribution is -2.43. The van der Waals surface area contributed by atoms with Crippen molar-refractivity contribution in [2.75, 3.05) is 0 Å². The van der Waals surface area contributed by atoms with Gasteiger partial charge in [0.25, 0.3) is 0 Å². The second-order valence-corrected chi connectivity index (χ2v) is 4.32. The van der Waals surface area contributed by atoms with Crippen LogP contribution in [-0.4, -0.2) is 28.6 Å². The summed E-state index contributed by atoms with van der Waals surface area (Å²) in [5.74, 6) is 0. The highest BCUT2D eigenvalue weighted by atomic mass is 16.5. The molecule has 0 radical (unpaired) electrons. The molecule has 0 aliphatic rings. The smallest absolute Gasteiger partial charge is 0.166 e. The molecule has 0 spiro atoms. The molecule has 0 fully saturated rings. The maximum absolute atomic E-state index is 8.97. The van der Waals surface area contributed by atoms with Crippen molar-refractivity contribution < 1.29 is 10.2 Å². The Kier molecular flexibility index (Phi) is 9.06. The van der Waals surface area contributed by atoms with E-state index in [1.165, 1.54) is 25.7 Å². The molecule has 3 nitrogen and oxygen atoms in total. The third kappa shape index (κ3) is 7.77. The van der Waals surface area contributed by atoms with E-state index in [2.05, 4.69) is 19.2 Å². The van der Waals surface area contributed by atoms with Crippen LogP contribution in [0.25, 0.3) is 0 Å². The van der Waals surface area contributed by atoms with Gasteiger partial charge in [0.1, 0.15) is 0 Å². The average Bonchev–Trinajstić information content (AvgIpc) is 2.22. The van der Waals surface area contributed by atoms with Crippen LogP contribution in [0.4, 0.5) is 0 Å². The molecule has 0 saturated carbocycles. The molecule has 0 aromatic carbocycles. The summed E-state index contributed by atoms with van der Waals surface area (Å²) >= 11 is 0. The molecule has 0 amide bonds. The molecule has 0 bridgehead atoms. The second-order valence-electron chi connectivity index (χ2n) is 4.32. The minimum absolute atomic E-state index is 0.235. The van der Waals surface area contributed by atoms with Crippen molar-refractivity contribution in [3.63, 3.8) is 0 Å². The molecule has 15 heavy (non-hydrogen) atoms. The van der Waals surface area contributed by atoms with Gasteiger partial charge in [-0.3, -0.25) is 0 Å². The molecule has 92 valence electrons. The molecule has 0 aliphatic carbocycles. The van der Waals surface area contributed by atoms with E-state index in [4.69, 9.17) is 10.2 Å².